The summed E-state index contributed by atoms with van der Waals surface area (Å²) >= 11 is 0. The normalized spacial score (nSPS) is 22.6. The molecule has 4 N–H and O–H groups in total. The van der Waals surface area contributed by atoms with E-state index in [0.717, 1.165) is 30.2 Å². The van der Waals surface area contributed by atoms with Crippen molar-refractivity contribution in [3.63, 3.8) is 0 Å². The van der Waals surface area contributed by atoms with Crippen molar-refractivity contribution in [3.8, 4) is 5.75 Å². The van der Waals surface area contributed by atoms with Gasteiger partial charge in [-0.15, -0.1) is 0 Å². The lowest BCUT2D eigenvalue weighted by Gasteiger charge is -2.27. The number of nitrogens with zero attached hydrogens (tertiary/aromatic N) is 1. The molecule has 2 aliphatic carbocycles. The van der Waals surface area contributed by atoms with Gasteiger partial charge in [-0.25, -0.2) is 4.99 Å². The van der Waals surface area contributed by atoms with Crippen LogP contribution in [0.15, 0.2) is 59.6 Å². The maximum atomic E-state index is 6.35. The molecule has 2 atom stereocenters. The maximum absolute atomic E-state index is 6.35. The third kappa shape index (κ3) is 5.99. The molecule has 0 radical (unpaired) electrons. The summed E-state index contributed by atoms with van der Waals surface area (Å²) in [6.07, 6.45) is 9.59. The maximum Gasteiger partial charge on any atom is 0.196 e. The Balaban J connectivity index is 1.39. The highest BCUT2D eigenvalue weighted by Crippen LogP contribution is 2.22. The number of hydrogen-bond acceptors (Lipinski definition) is 3. The highest BCUT2D eigenvalue weighted by atomic mass is 16.5. The Morgan fingerprint density at radius 3 is 2.33 bits per heavy atom. The number of rotatable bonds is 6. The van der Waals surface area contributed by atoms with E-state index in [1.807, 2.05) is 42.5 Å². The van der Waals surface area contributed by atoms with Crippen LogP contribution in [-0.2, 0) is 6.61 Å². The zero-order chi connectivity index (χ0) is 20.6. The molecule has 0 spiro atoms. The number of nitrogens with two attached hydrogens (primary N) is 1. The number of hydrogen-bond donors (Lipinski definition) is 3. The van der Waals surface area contributed by atoms with Crippen molar-refractivity contribution in [1.82, 2.24) is 5.32 Å². The average Bonchev–Trinajstić information content (AvgIpc) is 3.29. The van der Waals surface area contributed by atoms with Crippen molar-refractivity contribution in [2.45, 2.75) is 76.1 Å². The van der Waals surface area contributed by atoms with E-state index in [0.29, 0.717) is 12.6 Å². The standard InChI is InChI=1S/C25H34N4O/c26-23-12-6-7-13-24(23)29-25(27-20-10-4-5-11-20)28-21-14-16-22(17-15-21)30-18-19-8-2-1-3-9-19/h1-3,8-9,14-17,20,23-24H,4-7,10-13,18,26H2,(H2,27,28,29)/t23-,24-/m0/s1. The van der Waals surface area contributed by atoms with E-state index in [1.165, 1.54) is 44.1 Å². The molecule has 5 nitrogen and oxygen atoms in total. The molecule has 2 saturated carbocycles. The van der Waals surface area contributed by atoms with E-state index < -0.39 is 0 Å². The molecule has 160 valence electrons. The van der Waals surface area contributed by atoms with Crippen LogP contribution in [0.3, 0.4) is 0 Å². The quantitative estimate of drug-likeness (QED) is 0.474. The van der Waals surface area contributed by atoms with Crippen LogP contribution in [0.25, 0.3) is 0 Å². The lowest BCUT2D eigenvalue weighted by molar-refractivity contribution is 0.306. The zero-order valence-corrected chi connectivity index (χ0v) is 17.7. The summed E-state index contributed by atoms with van der Waals surface area (Å²) in [6.45, 7) is 0.573. The molecule has 0 unspecified atom stereocenters. The summed E-state index contributed by atoms with van der Waals surface area (Å²) in [5.41, 5.74) is 8.53. The van der Waals surface area contributed by atoms with E-state index >= 15 is 0 Å². The summed E-state index contributed by atoms with van der Waals surface area (Å²) in [5, 5.41) is 7.15. The third-order valence-corrected chi connectivity index (χ3v) is 6.14. The van der Waals surface area contributed by atoms with Gasteiger partial charge >= 0.3 is 0 Å². The van der Waals surface area contributed by atoms with Crippen LogP contribution in [0, 0.1) is 0 Å². The van der Waals surface area contributed by atoms with Gasteiger partial charge in [0.15, 0.2) is 5.96 Å². The molecule has 0 aromatic heterocycles. The van der Waals surface area contributed by atoms with E-state index in [1.54, 1.807) is 0 Å². The first-order valence-electron chi connectivity index (χ1n) is 11.4. The lowest BCUT2D eigenvalue weighted by atomic mass is 9.91. The van der Waals surface area contributed by atoms with Crippen LogP contribution < -0.4 is 21.1 Å². The molecule has 0 saturated heterocycles. The van der Waals surface area contributed by atoms with Gasteiger partial charge in [-0.3, -0.25) is 0 Å². The minimum absolute atomic E-state index is 0.162. The molecule has 2 fully saturated rings. The van der Waals surface area contributed by atoms with Gasteiger partial charge in [0.1, 0.15) is 12.4 Å². The second kappa shape index (κ2) is 10.5. The monoisotopic (exact) mass is 406 g/mol. The van der Waals surface area contributed by atoms with E-state index in [9.17, 15) is 0 Å². The summed E-state index contributed by atoms with van der Waals surface area (Å²) in [7, 11) is 0. The molecule has 4 rings (SSSR count). The zero-order valence-electron chi connectivity index (χ0n) is 17.7. The number of ether oxygens (including phenoxy) is 1. The molecule has 0 amide bonds. The van der Waals surface area contributed by atoms with Gasteiger partial charge in [-0.05, 0) is 55.5 Å². The first-order valence-corrected chi connectivity index (χ1v) is 11.4. The fourth-order valence-electron chi connectivity index (χ4n) is 4.35. The summed E-state index contributed by atoms with van der Waals surface area (Å²) in [4.78, 5) is 5.01. The van der Waals surface area contributed by atoms with Gasteiger partial charge in [0.05, 0.1) is 6.04 Å². The van der Waals surface area contributed by atoms with Crippen molar-refractivity contribution in [1.29, 1.82) is 0 Å². The fraction of sp³-hybridized carbons (Fsp3) is 0.480. The Hall–Kier alpha value is -2.53. The molecule has 2 aromatic rings. The summed E-state index contributed by atoms with van der Waals surface area (Å²) in [5.74, 6) is 1.73. The van der Waals surface area contributed by atoms with Crippen molar-refractivity contribution < 1.29 is 4.74 Å². The number of guanidine groups is 1. The molecule has 30 heavy (non-hydrogen) atoms. The SMILES string of the molecule is N[C@H]1CCCC[C@@H]1N=C(Nc1ccc(OCc2ccccc2)cc1)NC1CCCC1. The van der Waals surface area contributed by atoms with Crippen molar-refractivity contribution >= 4 is 11.6 Å². The predicted molar refractivity (Wildman–Crippen MR) is 124 cm³/mol. The Labute approximate surface area is 180 Å². The van der Waals surface area contributed by atoms with Crippen molar-refractivity contribution in [3.05, 3.63) is 60.2 Å². The number of benzene rings is 2. The molecule has 2 aliphatic rings. The average molecular weight is 407 g/mol. The lowest BCUT2D eigenvalue weighted by Crippen LogP contribution is -2.42. The smallest absolute Gasteiger partial charge is 0.196 e. The predicted octanol–water partition coefficient (Wildman–Crippen LogP) is 4.84. The van der Waals surface area contributed by atoms with Crippen molar-refractivity contribution in [2.75, 3.05) is 5.32 Å². The van der Waals surface area contributed by atoms with Crippen LogP contribution in [0.2, 0.25) is 0 Å². The minimum atomic E-state index is 0.162. The summed E-state index contributed by atoms with van der Waals surface area (Å²) < 4.78 is 5.91. The Kier molecular flexibility index (Phi) is 7.25. The van der Waals surface area contributed by atoms with Gasteiger partial charge < -0.3 is 21.1 Å². The molecular formula is C25H34N4O. The first-order chi connectivity index (χ1) is 14.8. The molecule has 0 bridgehead atoms. The minimum Gasteiger partial charge on any atom is -0.489 e. The van der Waals surface area contributed by atoms with Crippen LogP contribution in [0.4, 0.5) is 5.69 Å². The first kappa shape index (κ1) is 20.7. The molecule has 5 heteroatoms. The number of anilines is 1. The largest absolute Gasteiger partial charge is 0.489 e. The Morgan fingerprint density at radius 2 is 1.60 bits per heavy atom. The number of aliphatic imine (C=N–C) groups is 1. The summed E-state index contributed by atoms with van der Waals surface area (Å²) in [6, 6.07) is 19.2. The third-order valence-electron chi connectivity index (χ3n) is 6.14. The Morgan fingerprint density at radius 1 is 0.900 bits per heavy atom. The van der Waals surface area contributed by atoms with E-state index in [2.05, 4.69) is 22.8 Å². The number of nitrogens with one attached hydrogen (secondary N) is 2. The second-order valence-electron chi connectivity index (χ2n) is 8.54. The molecular weight excluding hydrogens is 372 g/mol. The van der Waals surface area contributed by atoms with Crippen LogP contribution >= 0.6 is 0 Å². The fourth-order valence-corrected chi connectivity index (χ4v) is 4.35. The van der Waals surface area contributed by atoms with Crippen LogP contribution in [0.1, 0.15) is 56.9 Å². The highest BCUT2D eigenvalue weighted by molar-refractivity contribution is 5.94. The van der Waals surface area contributed by atoms with Gasteiger partial charge in [-0.1, -0.05) is 56.0 Å². The van der Waals surface area contributed by atoms with Gasteiger partial charge in [0.2, 0.25) is 0 Å². The van der Waals surface area contributed by atoms with Crippen LogP contribution in [-0.4, -0.2) is 24.1 Å². The van der Waals surface area contributed by atoms with E-state index in [4.69, 9.17) is 15.5 Å². The van der Waals surface area contributed by atoms with Gasteiger partial charge in [-0.2, -0.15) is 0 Å². The molecule has 0 heterocycles. The second-order valence-corrected chi connectivity index (χ2v) is 8.54. The topological polar surface area (TPSA) is 71.7 Å². The van der Waals surface area contributed by atoms with E-state index in [-0.39, 0.29) is 12.1 Å². The van der Waals surface area contributed by atoms with Gasteiger partial charge in [0.25, 0.3) is 0 Å². The Bertz CT molecular complexity index is 800. The molecule has 0 aliphatic heterocycles. The highest BCUT2D eigenvalue weighted by Gasteiger charge is 2.23. The van der Waals surface area contributed by atoms with Crippen molar-refractivity contribution in [2.24, 2.45) is 10.7 Å². The van der Waals surface area contributed by atoms with Gasteiger partial charge in [0, 0.05) is 17.8 Å². The molecule has 2 aromatic carbocycles. The van der Waals surface area contributed by atoms with Crippen LogP contribution in [0.5, 0.6) is 5.75 Å².